The molecule has 0 unspecified atom stereocenters. The minimum Gasteiger partial charge on any atom is -0.325 e. The number of aromatic nitrogens is 2. The number of nitrogens with zero attached hydrogens (tertiary/aromatic N) is 1. The Morgan fingerprint density at radius 2 is 2.00 bits per heavy atom. The summed E-state index contributed by atoms with van der Waals surface area (Å²) in [6.45, 7) is 0.320. The van der Waals surface area contributed by atoms with Gasteiger partial charge in [-0.05, 0) is 49.2 Å². The maximum absolute atomic E-state index is 12.4. The Labute approximate surface area is 144 Å². The molecule has 0 spiro atoms. The fraction of sp³-hybridized carbons (Fsp3) is 0.263. The summed E-state index contributed by atoms with van der Waals surface area (Å²) in [5, 5.41) is 2.91. The van der Waals surface area contributed by atoms with Crippen LogP contribution in [0.3, 0.4) is 0 Å². The molecular formula is C19H20N4O2. The van der Waals surface area contributed by atoms with Crippen LogP contribution in [-0.4, -0.2) is 34.4 Å². The van der Waals surface area contributed by atoms with Gasteiger partial charge in [-0.1, -0.05) is 24.3 Å². The topological polar surface area (TPSA) is 81.0 Å². The molecule has 0 radical (unpaired) electrons. The number of imidazole rings is 1. The summed E-state index contributed by atoms with van der Waals surface area (Å²) < 4.78 is 0. The minimum absolute atomic E-state index is 0.0656. The summed E-state index contributed by atoms with van der Waals surface area (Å²) in [4.78, 5) is 31.2. The zero-order valence-electron chi connectivity index (χ0n) is 14.0. The molecular weight excluding hydrogens is 316 g/mol. The SMILES string of the molecule is CN(CC(=O)Nc1ccc2[nH]c(=O)[nH]c2c1)[C@H]1CCc2ccccc21. The number of likely N-dealkylation sites (N-methyl/N-ethyl adjacent to an activating group) is 1. The number of H-pyrrole nitrogens is 2. The van der Waals surface area contributed by atoms with Gasteiger partial charge in [0.1, 0.15) is 0 Å². The average Bonchev–Trinajstić information content (AvgIpc) is 3.16. The molecule has 3 aromatic rings. The van der Waals surface area contributed by atoms with Crippen molar-refractivity contribution in [3.05, 3.63) is 64.1 Å². The van der Waals surface area contributed by atoms with Crippen LogP contribution in [0.15, 0.2) is 47.3 Å². The van der Waals surface area contributed by atoms with Crippen LogP contribution in [-0.2, 0) is 11.2 Å². The van der Waals surface area contributed by atoms with Crippen LogP contribution >= 0.6 is 0 Å². The third-order valence-electron chi connectivity index (χ3n) is 4.83. The summed E-state index contributed by atoms with van der Waals surface area (Å²) in [5.74, 6) is -0.0656. The third kappa shape index (κ3) is 3.08. The number of amides is 1. The Morgan fingerprint density at radius 1 is 1.20 bits per heavy atom. The van der Waals surface area contributed by atoms with E-state index in [4.69, 9.17) is 0 Å². The summed E-state index contributed by atoms with van der Waals surface area (Å²) in [7, 11) is 1.99. The molecule has 1 heterocycles. The summed E-state index contributed by atoms with van der Waals surface area (Å²) in [6.07, 6.45) is 2.10. The maximum atomic E-state index is 12.4. The highest BCUT2D eigenvalue weighted by Crippen LogP contribution is 2.34. The molecule has 3 N–H and O–H groups in total. The predicted octanol–water partition coefficient (Wildman–Crippen LogP) is 2.41. The summed E-state index contributed by atoms with van der Waals surface area (Å²) in [6, 6.07) is 14.0. The van der Waals surface area contributed by atoms with Gasteiger partial charge in [-0.25, -0.2) is 4.79 Å². The highest BCUT2D eigenvalue weighted by Gasteiger charge is 2.26. The van der Waals surface area contributed by atoms with Crippen LogP contribution < -0.4 is 11.0 Å². The summed E-state index contributed by atoms with van der Waals surface area (Å²) in [5.41, 5.74) is 4.53. The summed E-state index contributed by atoms with van der Waals surface area (Å²) >= 11 is 0. The van der Waals surface area contributed by atoms with Gasteiger partial charge in [-0.3, -0.25) is 9.69 Å². The van der Waals surface area contributed by atoms with E-state index in [9.17, 15) is 9.59 Å². The Morgan fingerprint density at radius 3 is 2.88 bits per heavy atom. The monoisotopic (exact) mass is 336 g/mol. The molecule has 0 aliphatic heterocycles. The lowest BCUT2D eigenvalue weighted by Crippen LogP contribution is -2.32. The number of hydrogen-bond acceptors (Lipinski definition) is 3. The molecule has 1 aliphatic carbocycles. The zero-order chi connectivity index (χ0) is 17.4. The van der Waals surface area contributed by atoms with Gasteiger partial charge in [0, 0.05) is 11.7 Å². The van der Waals surface area contributed by atoms with Crippen LogP contribution in [0.4, 0.5) is 5.69 Å². The molecule has 6 heteroatoms. The minimum atomic E-state index is -0.252. The Kier molecular flexibility index (Phi) is 3.89. The average molecular weight is 336 g/mol. The van der Waals surface area contributed by atoms with E-state index in [0.29, 0.717) is 17.7 Å². The van der Waals surface area contributed by atoms with E-state index >= 15 is 0 Å². The molecule has 128 valence electrons. The van der Waals surface area contributed by atoms with E-state index in [1.165, 1.54) is 11.1 Å². The van der Waals surface area contributed by atoms with Crippen LogP contribution in [0.5, 0.6) is 0 Å². The van der Waals surface area contributed by atoms with Crippen LogP contribution in [0.2, 0.25) is 0 Å². The van der Waals surface area contributed by atoms with Crippen molar-refractivity contribution in [2.24, 2.45) is 0 Å². The number of aryl methyl sites for hydroxylation is 1. The van der Waals surface area contributed by atoms with Gasteiger partial charge in [0.25, 0.3) is 0 Å². The number of hydrogen-bond donors (Lipinski definition) is 3. The number of carbonyl (C=O) groups excluding carboxylic acids is 1. The van der Waals surface area contributed by atoms with Crippen molar-refractivity contribution in [2.45, 2.75) is 18.9 Å². The first-order valence-corrected chi connectivity index (χ1v) is 8.40. The second kappa shape index (κ2) is 6.22. The lowest BCUT2D eigenvalue weighted by Gasteiger charge is -2.24. The van der Waals surface area contributed by atoms with Gasteiger partial charge in [0.15, 0.2) is 0 Å². The zero-order valence-corrected chi connectivity index (χ0v) is 14.0. The first-order valence-electron chi connectivity index (χ1n) is 8.40. The van der Waals surface area contributed by atoms with E-state index in [2.05, 4.69) is 44.5 Å². The van der Waals surface area contributed by atoms with Crippen molar-refractivity contribution in [3.63, 3.8) is 0 Å². The van der Waals surface area contributed by atoms with Crippen LogP contribution in [0.25, 0.3) is 11.0 Å². The lowest BCUT2D eigenvalue weighted by atomic mass is 10.1. The second-order valence-electron chi connectivity index (χ2n) is 6.56. The van der Waals surface area contributed by atoms with Crippen LogP contribution in [0.1, 0.15) is 23.6 Å². The Hall–Kier alpha value is -2.86. The molecule has 25 heavy (non-hydrogen) atoms. The first-order chi connectivity index (χ1) is 12.1. The molecule has 2 aromatic carbocycles. The van der Waals surface area contributed by atoms with Gasteiger partial charge in [-0.2, -0.15) is 0 Å². The molecule has 1 aliphatic rings. The Balaban J connectivity index is 1.43. The molecule has 6 nitrogen and oxygen atoms in total. The molecule has 1 atom stereocenters. The van der Waals surface area contributed by atoms with Gasteiger partial charge in [-0.15, -0.1) is 0 Å². The van der Waals surface area contributed by atoms with Gasteiger partial charge in [0.05, 0.1) is 17.6 Å². The number of rotatable bonds is 4. The fourth-order valence-electron chi connectivity index (χ4n) is 3.64. The number of nitrogens with one attached hydrogen (secondary N) is 3. The standard InChI is InChI=1S/C19H20N4O2/c1-23(17-9-6-12-4-2-3-5-14(12)17)11-18(24)20-13-7-8-15-16(10-13)22-19(25)21-15/h2-5,7-8,10,17H,6,9,11H2,1H3,(H,20,24)(H2,21,22,25)/t17-/m0/s1. The molecule has 1 amide bonds. The molecule has 0 fully saturated rings. The number of carbonyl (C=O) groups is 1. The number of aromatic amines is 2. The molecule has 1 aromatic heterocycles. The smallest absolute Gasteiger partial charge is 0.323 e. The molecule has 0 bridgehead atoms. The van der Waals surface area contributed by atoms with Gasteiger partial charge < -0.3 is 15.3 Å². The largest absolute Gasteiger partial charge is 0.325 e. The van der Waals surface area contributed by atoms with Crippen molar-refractivity contribution in [1.82, 2.24) is 14.9 Å². The fourth-order valence-corrected chi connectivity index (χ4v) is 3.64. The second-order valence-corrected chi connectivity index (χ2v) is 6.56. The number of fused-ring (bicyclic) bond motifs is 2. The lowest BCUT2D eigenvalue weighted by molar-refractivity contribution is -0.117. The van der Waals surface area contributed by atoms with Crippen molar-refractivity contribution in [1.29, 1.82) is 0 Å². The van der Waals surface area contributed by atoms with Crippen LogP contribution in [0, 0.1) is 0 Å². The highest BCUT2D eigenvalue weighted by atomic mass is 16.2. The van der Waals surface area contributed by atoms with E-state index in [-0.39, 0.29) is 17.6 Å². The van der Waals surface area contributed by atoms with Crippen molar-refractivity contribution in [2.75, 3.05) is 18.9 Å². The van der Waals surface area contributed by atoms with Crippen molar-refractivity contribution in [3.8, 4) is 0 Å². The quantitative estimate of drug-likeness (QED) is 0.684. The number of benzene rings is 2. The van der Waals surface area contributed by atoms with E-state index in [1.54, 1.807) is 18.2 Å². The third-order valence-corrected chi connectivity index (χ3v) is 4.83. The first kappa shape index (κ1) is 15.7. The molecule has 4 rings (SSSR count). The number of anilines is 1. The van der Waals surface area contributed by atoms with Crippen molar-refractivity contribution >= 4 is 22.6 Å². The highest BCUT2D eigenvalue weighted by molar-refractivity contribution is 5.94. The molecule has 0 saturated carbocycles. The normalized spacial score (nSPS) is 16.3. The van der Waals surface area contributed by atoms with E-state index in [0.717, 1.165) is 18.4 Å². The predicted molar refractivity (Wildman–Crippen MR) is 97.7 cm³/mol. The Bertz CT molecular complexity index is 988. The van der Waals surface area contributed by atoms with Gasteiger partial charge in [0.2, 0.25) is 5.91 Å². The van der Waals surface area contributed by atoms with E-state index < -0.39 is 0 Å². The maximum Gasteiger partial charge on any atom is 0.323 e. The van der Waals surface area contributed by atoms with Gasteiger partial charge >= 0.3 is 5.69 Å². The van der Waals surface area contributed by atoms with Crippen molar-refractivity contribution < 1.29 is 4.79 Å². The molecule has 0 saturated heterocycles. The van der Waals surface area contributed by atoms with E-state index in [1.807, 2.05) is 7.05 Å².